The molecular weight excluding hydrogens is 162 g/mol. The minimum absolute atomic E-state index is 0.381. The van der Waals surface area contributed by atoms with E-state index in [4.69, 9.17) is 0 Å². The number of nitrogens with zero attached hydrogens (tertiary/aromatic N) is 1. The minimum Gasteiger partial charge on any atom is -0.388 e. The molecule has 2 nitrogen and oxygen atoms in total. The Labute approximate surface area is 78.9 Å². The molecular formula is C11H15NO. The van der Waals surface area contributed by atoms with Crippen LogP contribution in [-0.2, 0) is 0 Å². The molecule has 1 aromatic heterocycles. The zero-order valence-electron chi connectivity index (χ0n) is 7.69. The summed E-state index contributed by atoms with van der Waals surface area (Å²) in [5.41, 5.74) is 0.895. The van der Waals surface area contributed by atoms with Gasteiger partial charge in [-0.3, -0.25) is 4.98 Å². The number of unbranched alkanes of at least 4 members (excludes halogenated alkanes) is 1. The molecule has 0 aliphatic carbocycles. The Bertz CT molecular complexity index is 246. The summed E-state index contributed by atoms with van der Waals surface area (Å²) in [5.74, 6) is 0. The van der Waals surface area contributed by atoms with Gasteiger partial charge in [-0.05, 0) is 30.9 Å². The predicted octanol–water partition coefficient (Wildman–Crippen LogP) is 2.47. The van der Waals surface area contributed by atoms with Crippen LogP contribution >= 0.6 is 0 Å². The fourth-order valence-corrected chi connectivity index (χ4v) is 1.20. The molecule has 0 fully saturated rings. The lowest BCUT2D eigenvalue weighted by molar-refractivity contribution is 0.164. The van der Waals surface area contributed by atoms with Gasteiger partial charge in [0, 0.05) is 12.4 Å². The number of pyridine rings is 1. The van der Waals surface area contributed by atoms with Crippen molar-refractivity contribution in [2.24, 2.45) is 0 Å². The number of aliphatic hydroxyl groups excluding tert-OH is 1. The third-order valence-electron chi connectivity index (χ3n) is 1.95. The lowest BCUT2D eigenvalue weighted by atomic mass is 10.1. The molecule has 1 rings (SSSR count). The van der Waals surface area contributed by atoms with Crippen molar-refractivity contribution in [2.45, 2.75) is 25.4 Å². The predicted molar refractivity (Wildman–Crippen MR) is 53.2 cm³/mol. The molecule has 0 aliphatic rings. The van der Waals surface area contributed by atoms with E-state index in [-0.39, 0.29) is 6.10 Å². The van der Waals surface area contributed by atoms with Crippen molar-refractivity contribution in [3.8, 4) is 0 Å². The quantitative estimate of drug-likeness (QED) is 0.553. The normalized spacial score (nSPS) is 12.4. The van der Waals surface area contributed by atoms with E-state index in [0.717, 1.165) is 24.8 Å². The molecule has 0 spiro atoms. The number of rotatable bonds is 5. The van der Waals surface area contributed by atoms with Gasteiger partial charge in [-0.2, -0.15) is 0 Å². The number of aliphatic hydroxyl groups is 1. The molecule has 13 heavy (non-hydrogen) atoms. The summed E-state index contributed by atoms with van der Waals surface area (Å²) in [6, 6.07) is 3.73. The van der Waals surface area contributed by atoms with E-state index in [0.29, 0.717) is 0 Å². The van der Waals surface area contributed by atoms with E-state index in [1.54, 1.807) is 12.4 Å². The summed E-state index contributed by atoms with van der Waals surface area (Å²) in [6.07, 6.45) is 7.61. The van der Waals surface area contributed by atoms with Gasteiger partial charge in [0.05, 0.1) is 6.10 Å². The second-order valence-electron chi connectivity index (χ2n) is 3.02. The Morgan fingerprint density at radius 3 is 3.08 bits per heavy atom. The topological polar surface area (TPSA) is 33.1 Å². The van der Waals surface area contributed by atoms with Gasteiger partial charge in [-0.15, -0.1) is 6.58 Å². The van der Waals surface area contributed by atoms with Gasteiger partial charge in [-0.25, -0.2) is 0 Å². The average molecular weight is 177 g/mol. The fraction of sp³-hybridized carbons (Fsp3) is 0.364. The molecule has 0 saturated heterocycles. The van der Waals surface area contributed by atoms with Gasteiger partial charge in [-0.1, -0.05) is 12.1 Å². The first kappa shape index (κ1) is 9.93. The molecule has 0 bridgehead atoms. The highest BCUT2D eigenvalue weighted by Gasteiger charge is 2.05. The average Bonchev–Trinajstić information content (AvgIpc) is 2.19. The maximum atomic E-state index is 9.67. The molecule has 0 saturated carbocycles. The van der Waals surface area contributed by atoms with Crippen molar-refractivity contribution < 1.29 is 5.11 Å². The van der Waals surface area contributed by atoms with Crippen LogP contribution in [0.4, 0.5) is 0 Å². The van der Waals surface area contributed by atoms with Crippen molar-refractivity contribution in [1.82, 2.24) is 4.98 Å². The summed E-state index contributed by atoms with van der Waals surface area (Å²) in [5, 5.41) is 9.67. The van der Waals surface area contributed by atoms with Crippen molar-refractivity contribution in [3.05, 3.63) is 42.7 Å². The molecule has 0 radical (unpaired) electrons. The largest absolute Gasteiger partial charge is 0.388 e. The first-order valence-electron chi connectivity index (χ1n) is 4.53. The second-order valence-corrected chi connectivity index (χ2v) is 3.02. The van der Waals surface area contributed by atoms with Gasteiger partial charge in [0.25, 0.3) is 0 Å². The third-order valence-corrected chi connectivity index (χ3v) is 1.95. The molecule has 1 N–H and O–H groups in total. The molecule has 2 heteroatoms. The highest BCUT2D eigenvalue weighted by atomic mass is 16.3. The van der Waals surface area contributed by atoms with Crippen LogP contribution in [0.25, 0.3) is 0 Å². The van der Waals surface area contributed by atoms with Crippen LogP contribution in [0, 0.1) is 0 Å². The van der Waals surface area contributed by atoms with Crippen LogP contribution in [0.3, 0.4) is 0 Å². The maximum Gasteiger partial charge on any atom is 0.0805 e. The highest BCUT2D eigenvalue weighted by molar-refractivity contribution is 5.11. The minimum atomic E-state index is -0.381. The zero-order valence-corrected chi connectivity index (χ0v) is 7.69. The Hall–Kier alpha value is -1.15. The van der Waals surface area contributed by atoms with Crippen LogP contribution in [0.15, 0.2) is 37.2 Å². The van der Waals surface area contributed by atoms with E-state index in [1.165, 1.54) is 0 Å². The molecule has 1 unspecified atom stereocenters. The molecule has 1 atom stereocenters. The summed E-state index contributed by atoms with van der Waals surface area (Å²) < 4.78 is 0. The number of hydrogen-bond acceptors (Lipinski definition) is 2. The summed E-state index contributed by atoms with van der Waals surface area (Å²) in [4.78, 5) is 3.95. The third kappa shape index (κ3) is 3.38. The van der Waals surface area contributed by atoms with Crippen LogP contribution in [0.1, 0.15) is 30.9 Å². The van der Waals surface area contributed by atoms with E-state index < -0.39 is 0 Å². The van der Waals surface area contributed by atoms with E-state index in [9.17, 15) is 5.11 Å². The second kappa shape index (κ2) is 5.49. The van der Waals surface area contributed by atoms with E-state index in [1.807, 2.05) is 18.2 Å². The molecule has 0 aliphatic heterocycles. The molecule has 0 amide bonds. The number of hydrogen-bond donors (Lipinski definition) is 1. The van der Waals surface area contributed by atoms with Gasteiger partial charge in [0.2, 0.25) is 0 Å². The maximum absolute atomic E-state index is 9.67. The summed E-state index contributed by atoms with van der Waals surface area (Å²) >= 11 is 0. The molecule has 1 heterocycles. The fourth-order valence-electron chi connectivity index (χ4n) is 1.20. The lowest BCUT2D eigenvalue weighted by Crippen LogP contribution is -1.97. The lowest BCUT2D eigenvalue weighted by Gasteiger charge is -2.08. The monoisotopic (exact) mass is 177 g/mol. The summed E-state index contributed by atoms with van der Waals surface area (Å²) in [6.45, 7) is 3.64. The van der Waals surface area contributed by atoms with Gasteiger partial charge in [0.15, 0.2) is 0 Å². The first-order valence-corrected chi connectivity index (χ1v) is 4.53. The van der Waals surface area contributed by atoms with Crippen LogP contribution in [-0.4, -0.2) is 10.1 Å². The first-order chi connectivity index (χ1) is 6.34. The van der Waals surface area contributed by atoms with Crippen molar-refractivity contribution in [3.63, 3.8) is 0 Å². The van der Waals surface area contributed by atoms with Crippen LogP contribution in [0.2, 0.25) is 0 Å². The number of aromatic nitrogens is 1. The van der Waals surface area contributed by atoms with E-state index in [2.05, 4.69) is 11.6 Å². The van der Waals surface area contributed by atoms with E-state index >= 15 is 0 Å². The molecule has 70 valence electrons. The highest BCUT2D eigenvalue weighted by Crippen LogP contribution is 2.17. The van der Waals surface area contributed by atoms with Crippen molar-refractivity contribution in [1.29, 1.82) is 0 Å². The standard InChI is InChI=1S/C11H15NO/c1-2-3-4-7-11(13)10-6-5-8-12-9-10/h2,5-6,8-9,11,13H,1,3-4,7H2. The Balaban J connectivity index is 2.39. The molecule has 0 aromatic carbocycles. The van der Waals surface area contributed by atoms with Gasteiger partial charge in [0.1, 0.15) is 0 Å². The Kier molecular flexibility index (Phi) is 4.19. The smallest absolute Gasteiger partial charge is 0.0805 e. The summed E-state index contributed by atoms with van der Waals surface area (Å²) in [7, 11) is 0. The van der Waals surface area contributed by atoms with Crippen LogP contribution < -0.4 is 0 Å². The van der Waals surface area contributed by atoms with Crippen molar-refractivity contribution >= 4 is 0 Å². The van der Waals surface area contributed by atoms with Gasteiger partial charge >= 0.3 is 0 Å². The van der Waals surface area contributed by atoms with Crippen molar-refractivity contribution in [2.75, 3.05) is 0 Å². The SMILES string of the molecule is C=CCCCC(O)c1cccnc1. The Morgan fingerprint density at radius 1 is 1.62 bits per heavy atom. The Morgan fingerprint density at radius 2 is 2.46 bits per heavy atom. The van der Waals surface area contributed by atoms with Crippen LogP contribution in [0.5, 0.6) is 0 Å². The zero-order chi connectivity index (χ0) is 9.52. The number of allylic oxidation sites excluding steroid dienone is 1. The molecule has 1 aromatic rings. The van der Waals surface area contributed by atoms with Gasteiger partial charge < -0.3 is 5.11 Å².